The van der Waals surface area contributed by atoms with Gasteiger partial charge in [-0.3, -0.25) is 14.5 Å². The molecule has 1 N–H and O–H groups in total. The normalized spacial score (nSPS) is 16.5. The van der Waals surface area contributed by atoms with Gasteiger partial charge >= 0.3 is 0 Å². The Morgan fingerprint density at radius 1 is 0.900 bits per heavy atom. The van der Waals surface area contributed by atoms with Crippen molar-refractivity contribution < 1.29 is 19.1 Å². The highest BCUT2D eigenvalue weighted by Gasteiger charge is 2.44. The lowest BCUT2D eigenvalue weighted by Gasteiger charge is -2.26. The molecule has 3 aromatic rings. The number of aliphatic hydroxyl groups excluding tert-OH is 1. The zero-order valence-corrected chi connectivity index (χ0v) is 15.9. The molecule has 0 unspecified atom stereocenters. The van der Waals surface area contributed by atoms with Gasteiger partial charge < -0.3 is 5.11 Å². The van der Waals surface area contributed by atoms with Gasteiger partial charge in [0.05, 0.1) is 11.6 Å². The topological polar surface area (TPSA) is 57.6 Å². The Hall–Kier alpha value is -3.99. The van der Waals surface area contributed by atoms with Gasteiger partial charge in [0.25, 0.3) is 5.91 Å². The first-order valence-electron chi connectivity index (χ1n) is 9.41. The van der Waals surface area contributed by atoms with Gasteiger partial charge in [-0.05, 0) is 29.8 Å². The number of aliphatic hydroxyl groups is 1. The highest BCUT2D eigenvalue weighted by molar-refractivity contribution is 6.19. The molecule has 0 radical (unpaired) electrons. The van der Waals surface area contributed by atoms with Gasteiger partial charge in [-0.25, -0.2) is 4.39 Å². The lowest BCUT2D eigenvalue weighted by Crippen LogP contribution is -2.31. The van der Waals surface area contributed by atoms with E-state index in [1.54, 1.807) is 42.5 Å². The number of amides is 1. The average Bonchev–Trinajstić information content (AvgIpc) is 3.04. The maximum absolute atomic E-state index is 14.7. The Labute approximate surface area is 173 Å². The molecule has 0 saturated carbocycles. The molecule has 30 heavy (non-hydrogen) atoms. The summed E-state index contributed by atoms with van der Waals surface area (Å²) in [5.74, 6) is -2.54. The van der Waals surface area contributed by atoms with Gasteiger partial charge in [-0.15, -0.1) is 0 Å². The van der Waals surface area contributed by atoms with Gasteiger partial charge in [0, 0.05) is 11.3 Å². The second kappa shape index (κ2) is 8.17. The minimum absolute atomic E-state index is 0.134. The van der Waals surface area contributed by atoms with Crippen LogP contribution in [-0.4, -0.2) is 16.8 Å². The van der Waals surface area contributed by atoms with Gasteiger partial charge in [-0.2, -0.15) is 0 Å². The van der Waals surface area contributed by atoms with E-state index in [1.165, 1.54) is 29.2 Å². The third-order valence-corrected chi connectivity index (χ3v) is 4.93. The van der Waals surface area contributed by atoms with Crippen molar-refractivity contribution in [2.75, 3.05) is 4.90 Å². The first-order valence-corrected chi connectivity index (χ1v) is 9.41. The van der Waals surface area contributed by atoms with Crippen molar-refractivity contribution in [3.8, 4) is 0 Å². The van der Waals surface area contributed by atoms with Gasteiger partial charge in [-0.1, -0.05) is 72.8 Å². The number of rotatable bonds is 5. The lowest BCUT2D eigenvalue weighted by atomic mass is 9.95. The molecule has 3 aromatic carbocycles. The van der Waals surface area contributed by atoms with Crippen LogP contribution < -0.4 is 4.90 Å². The van der Waals surface area contributed by atoms with Crippen molar-refractivity contribution >= 4 is 23.5 Å². The standard InChI is InChI=1S/C25H18FNO3/c26-20-14-8-7-13-19(20)23-22(21(28)16-15-17-9-3-1-4-10-17)24(29)25(30)27(23)18-11-5-2-6-12-18/h1-16,23,29H/b16-15+/t23-/m1/s1. The van der Waals surface area contributed by atoms with Gasteiger partial charge in [0.15, 0.2) is 11.5 Å². The predicted molar refractivity (Wildman–Crippen MR) is 113 cm³/mol. The van der Waals surface area contributed by atoms with Gasteiger partial charge in [0.1, 0.15) is 5.82 Å². The van der Waals surface area contributed by atoms with Crippen molar-refractivity contribution in [1.82, 2.24) is 0 Å². The summed E-state index contributed by atoms with van der Waals surface area (Å²) in [4.78, 5) is 27.2. The van der Waals surface area contributed by atoms with Crippen molar-refractivity contribution in [3.63, 3.8) is 0 Å². The van der Waals surface area contributed by atoms with Crippen molar-refractivity contribution in [2.24, 2.45) is 0 Å². The molecule has 0 bridgehead atoms. The van der Waals surface area contributed by atoms with E-state index >= 15 is 0 Å². The van der Waals surface area contributed by atoms with E-state index in [0.29, 0.717) is 5.69 Å². The Bertz CT molecular complexity index is 1150. The first kappa shape index (κ1) is 19.3. The zero-order valence-electron chi connectivity index (χ0n) is 15.9. The number of benzene rings is 3. The maximum atomic E-state index is 14.7. The third kappa shape index (κ3) is 3.53. The van der Waals surface area contributed by atoms with E-state index in [9.17, 15) is 19.1 Å². The number of allylic oxidation sites excluding steroid dienone is 1. The van der Waals surface area contributed by atoms with Crippen molar-refractivity contribution in [3.05, 3.63) is 119 Å². The fourth-order valence-electron chi connectivity index (χ4n) is 3.53. The molecular weight excluding hydrogens is 381 g/mol. The molecule has 0 spiro atoms. The molecule has 1 atom stereocenters. The molecule has 0 fully saturated rings. The summed E-state index contributed by atoms with van der Waals surface area (Å²) in [6.45, 7) is 0. The molecule has 1 heterocycles. The van der Waals surface area contributed by atoms with Crippen LogP contribution in [0.4, 0.5) is 10.1 Å². The number of carbonyl (C=O) groups excluding carboxylic acids is 2. The number of ketones is 1. The highest BCUT2D eigenvalue weighted by Crippen LogP contribution is 2.41. The molecule has 4 rings (SSSR count). The first-order chi connectivity index (χ1) is 14.6. The molecule has 1 aliphatic rings. The molecule has 1 amide bonds. The fraction of sp³-hybridized carbons (Fsp3) is 0.0400. The van der Waals surface area contributed by atoms with E-state index in [0.717, 1.165) is 5.56 Å². The van der Waals surface area contributed by atoms with Crippen LogP contribution in [0, 0.1) is 5.82 Å². The van der Waals surface area contributed by atoms with Crippen molar-refractivity contribution in [2.45, 2.75) is 6.04 Å². The fourth-order valence-corrected chi connectivity index (χ4v) is 3.53. The summed E-state index contributed by atoms with van der Waals surface area (Å²) in [6.07, 6.45) is 2.88. The molecule has 5 heteroatoms. The van der Waals surface area contributed by atoms with Crippen LogP contribution in [0.25, 0.3) is 6.08 Å². The molecular formula is C25H18FNO3. The van der Waals surface area contributed by atoms with Crippen LogP contribution in [0.3, 0.4) is 0 Å². The van der Waals surface area contributed by atoms with Crippen LogP contribution in [0.2, 0.25) is 0 Å². The predicted octanol–water partition coefficient (Wildman–Crippen LogP) is 5.01. The van der Waals surface area contributed by atoms with E-state index < -0.39 is 29.3 Å². The van der Waals surface area contributed by atoms with Crippen LogP contribution in [0.5, 0.6) is 0 Å². The number of para-hydroxylation sites is 1. The smallest absolute Gasteiger partial charge is 0.294 e. The second-order valence-corrected chi connectivity index (χ2v) is 6.81. The van der Waals surface area contributed by atoms with Crippen molar-refractivity contribution in [1.29, 1.82) is 0 Å². The third-order valence-electron chi connectivity index (χ3n) is 4.93. The monoisotopic (exact) mass is 399 g/mol. The molecule has 0 aliphatic carbocycles. The summed E-state index contributed by atoms with van der Waals surface area (Å²) < 4.78 is 14.7. The van der Waals surface area contributed by atoms with E-state index in [1.807, 2.05) is 30.3 Å². The Balaban J connectivity index is 1.81. The number of hydrogen-bond donors (Lipinski definition) is 1. The van der Waals surface area contributed by atoms with Crippen LogP contribution in [0.15, 0.2) is 102 Å². The molecule has 0 saturated heterocycles. The zero-order chi connectivity index (χ0) is 21.1. The molecule has 4 nitrogen and oxygen atoms in total. The molecule has 0 aromatic heterocycles. The van der Waals surface area contributed by atoms with Crippen LogP contribution in [-0.2, 0) is 9.59 Å². The lowest BCUT2D eigenvalue weighted by molar-refractivity contribution is -0.117. The SMILES string of the molecule is O=C(/C=C/c1ccccc1)C1=C(O)C(=O)N(c2ccccc2)[C@@H]1c1ccccc1F. The maximum Gasteiger partial charge on any atom is 0.294 e. The minimum atomic E-state index is -1.07. The Kier molecular flexibility index (Phi) is 5.26. The summed E-state index contributed by atoms with van der Waals surface area (Å²) in [6, 6.07) is 22.6. The molecule has 1 aliphatic heterocycles. The minimum Gasteiger partial charge on any atom is -0.503 e. The van der Waals surface area contributed by atoms with Gasteiger partial charge in [0.2, 0.25) is 0 Å². The summed E-state index contributed by atoms with van der Waals surface area (Å²) in [5.41, 5.74) is 1.23. The Morgan fingerprint density at radius 2 is 1.50 bits per heavy atom. The number of halogens is 1. The van der Waals surface area contributed by atoms with E-state index in [2.05, 4.69) is 0 Å². The van der Waals surface area contributed by atoms with Crippen LogP contribution >= 0.6 is 0 Å². The summed E-state index contributed by atoms with van der Waals surface area (Å²) >= 11 is 0. The highest BCUT2D eigenvalue weighted by atomic mass is 19.1. The van der Waals surface area contributed by atoms with E-state index in [4.69, 9.17) is 0 Å². The quantitative estimate of drug-likeness (QED) is 0.614. The number of hydrogen-bond acceptors (Lipinski definition) is 3. The number of nitrogens with zero attached hydrogens (tertiary/aromatic N) is 1. The number of anilines is 1. The average molecular weight is 399 g/mol. The summed E-state index contributed by atoms with van der Waals surface area (Å²) in [5, 5.41) is 10.6. The Morgan fingerprint density at radius 3 is 2.17 bits per heavy atom. The largest absolute Gasteiger partial charge is 0.503 e. The van der Waals surface area contributed by atoms with E-state index in [-0.39, 0.29) is 11.1 Å². The number of carbonyl (C=O) groups is 2. The van der Waals surface area contributed by atoms with Crippen LogP contribution in [0.1, 0.15) is 17.2 Å². The second-order valence-electron chi connectivity index (χ2n) is 6.81. The summed E-state index contributed by atoms with van der Waals surface area (Å²) in [7, 11) is 0. The molecule has 148 valence electrons.